The Hall–Kier alpha value is -2.13. The van der Waals surface area contributed by atoms with Gasteiger partial charge < -0.3 is 11.5 Å². The minimum atomic E-state index is -3.91. The summed E-state index contributed by atoms with van der Waals surface area (Å²) < 4.78 is 27.3. The maximum Gasteiger partial charge on any atom is 0.264 e. The molecule has 0 aliphatic rings. The number of nitrogens with zero attached hydrogens (tertiary/aromatic N) is 1. The van der Waals surface area contributed by atoms with Gasteiger partial charge in [0.15, 0.2) is 0 Å². The topological polar surface area (TPSA) is 128 Å². The fraction of sp³-hybridized carbons (Fsp3) is 0. The lowest BCUT2D eigenvalue weighted by atomic mass is 10.2. The first-order valence-corrected chi connectivity index (χ1v) is 7.91. The molecule has 1 aromatic carbocycles. The Morgan fingerprint density at radius 1 is 1.29 bits per heavy atom. The first kappa shape index (κ1) is 15.3. The van der Waals surface area contributed by atoms with E-state index in [0.717, 1.165) is 0 Å². The van der Waals surface area contributed by atoms with Crippen LogP contribution in [0.2, 0.25) is 0 Å². The van der Waals surface area contributed by atoms with Gasteiger partial charge in [-0.25, -0.2) is 13.4 Å². The van der Waals surface area contributed by atoms with Crippen molar-refractivity contribution in [2.45, 2.75) is 4.90 Å². The van der Waals surface area contributed by atoms with Crippen LogP contribution in [0.3, 0.4) is 0 Å². The molecule has 7 nitrogen and oxygen atoms in total. The van der Waals surface area contributed by atoms with Crippen molar-refractivity contribution in [3.63, 3.8) is 0 Å². The zero-order valence-electron chi connectivity index (χ0n) is 10.6. The number of nitrogens with one attached hydrogen (secondary N) is 1. The van der Waals surface area contributed by atoms with Gasteiger partial charge in [0, 0.05) is 11.8 Å². The second-order valence-electron chi connectivity index (χ2n) is 4.06. The Balaban J connectivity index is 2.41. The molecule has 110 valence electrons. The Kier molecular flexibility index (Phi) is 4.14. The standard InChI is InChI=1S/C12H11BrN4O3S/c13-11-9(2-1-5-16-11)17-21(19,20)10-4-3-7(12(15)18)6-8(10)14/h1-6,17H,14H2,(H2,15,18). The number of nitrogen functional groups attached to an aromatic ring is 1. The van der Waals surface area contributed by atoms with Gasteiger partial charge in [-0.1, -0.05) is 0 Å². The molecular formula is C12H11BrN4O3S. The summed E-state index contributed by atoms with van der Waals surface area (Å²) >= 11 is 3.14. The highest BCUT2D eigenvalue weighted by molar-refractivity contribution is 9.10. The van der Waals surface area contributed by atoms with Gasteiger partial charge in [0.05, 0.1) is 11.4 Å². The van der Waals surface area contributed by atoms with Crippen LogP contribution in [-0.4, -0.2) is 19.3 Å². The number of carbonyl (C=O) groups is 1. The average Bonchev–Trinajstić information content (AvgIpc) is 2.40. The molecular weight excluding hydrogens is 360 g/mol. The van der Waals surface area contributed by atoms with E-state index < -0.39 is 15.9 Å². The van der Waals surface area contributed by atoms with Gasteiger partial charge in [-0.15, -0.1) is 0 Å². The van der Waals surface area contributed by atoms with E-state index in [1.54, 1.807) is 12.1 Å². The number of sulfonamides is 1. The summed E-state index contributed by atoms with van der Waals surface area (Å²) in [7, 11) is -3.91. The molecule has 5 N–H and O–H groups in total. The van der Waals surface area contributed by atoms with E-state index in [1.165, 1.54) is 24.4 Å². The lowest BCUT2D eigenvalue weighted by Gasteiger charge is -2.11. The van der Waals surface area contributed by atoms with Crippen LogP contribution in [-0.2, 0) is 10.0 Å². The van der Waals surface area contributed by atoms with Crippen LogP contribution in [0.1, 0.15) is 10.4 Å². The SMILES string of the molecule is NC(=O)c1ccc(S(=O)(=O)Nc2cccnc2Br)c(N)c1. The van der Waals surface area contributed by atoms with E-state index in [-0.39, 0.29) is 21.8 Å². The molecule has 1 heterocycles. The third kappa shape index (κ3) is 3.31. The molecule has 1 aromatic heterocycles. The summed E-state index contributed by atoms with van der Waals surface area (Å²) in [6.45, 7) is 0. The van der Waals surface area contributed by atoms with Crippen LogP contribution in [0.25, 0.3) is 0 Å². The summed E-state index contributed by atoms with van der Waals surface area (Å²) in [6.07, 6.45) is 1.51. The van der Waals surface area contributed by atoms with Crippen molar-refractivity contribution in [2.24, 2.45) is 5.73 Å². The zero-order chi connectivity index (χ0) is 15.6. The lowest BCUT2D eigenvalue weighted by molar-refractivity contribution is 0.1000. The van der Waals surface area contributed by atoms with E-state index in [0.29, 0.717) is 4.60 Å². The Morgan fingerprint density at radius 3 is 2.57 bits per heavy atom. The summed E-state index contributed by atoms with van der Waals surface area (Å²) in [6, 6.07) is 6.87. The molecule has 0 aliphatic heterocycles. The van der Waals surface area contributed by atoms with Crippen molar-refractivity contribution in [2.75, 3.05) is 10.5 Å². The van der Waals surface area contributed by atoms with E-state index in [2.05, 4.69) is 25.6 Å². The highest BCUT2D eigenvalue weighted by atomic mass is 79.9. The predicted molar refractivity (Wildman–Crippen MR) is 82.1 cm³/mol. The molecule has 2 aromatic rings. The summed E-state index contributed by atoms with van der Waals surface area (Å²) in [5.41, 5.74) is 11.1. The molecule has 0 unspecified atom stereocenters. The van der Waals surface area contributed by atoms with Gasteiger partial charge in [-0.05, 0) is 46.3 Å². The van der Waals surface area contributed by atoms with Crippen molar-refractivity contribution in [1.29, 1.82) is 0 Å². The number of aromatic nitrogens is 1. The minimum Gasteiger partial charge on any atom is -0.398 e. The highest BCUT2D eigenvalue weighted by Crippen LogP contribution is 2.25. The molecule has 21 heavy (non-hydrogen) atoms. The van der Waals surface area contributed by atoms with Crippen LogP contribution in [0.5, 0.6) is 0 Å². The first-order valence-electron chi connectivity index (χ1n) is 5.64. The van der Waals surface area contributed by atoms with Crippen molar-refractivity contribution in [1.82, 2.24) is 4.98 Å². The number of anilines is 2. The number of benzene rings is 1. The van der Waals surface area contributed by atoms with E-state index in [1.807, 2.05) is 0 Å². The van der Waals surface area contributed by atoms with Crippen LogP contribution in [0.15, 0.2) is 46.0 Å². The molecule has 0 saturated heterocycles. The number of pyridine rings is 1. The molecule has 0 bridgehead atoms. The Labute approximate surface area is 129 Å². The Morgan fingerprint density at radius 2 is 2.00 bits per heavy atom. The highest BCUT2D eigenvalue weighted by Gasteiger charge is 2.19. The van der Waals surface area contributed by atoms with E-state index in [9.17, 15) is 13.2 Å². The van der Waals surface area contributed by atoms with Crippen molar-refractivity contribution in [3.8, 4) is 0 Å². The van der Waals surface area contributed by atoms with Gasteiger partial charge in [0.2, 0.25) is 5.91 Å². The van der Waals surface area contributed by atoms with Gasteiger partial charge in [-0.3, -0.25) is 9.52 Å². The summed E-state index contributed by atoms with van der Waals surface area (Å²) in [4.78, 5) is 14.8. The van der Waals surface area contributed by atoms with Gasteiger partial charge >= 0.3 is 0 Å². The monoisotopic (exact) mass is 370 g/mol. The number of amides is 1. The normalized spacial score (nSPS) is 11.1. The molecule has 0 spiro atoms. The van der Waals surface area contributed by atoms with Crippen LogP contribution in [0, 0.1) is 0 Å². The number of nitrogens with two attached hydrogens (primary N) is 2. The predicted octanol–water partition coefficient (Wildman–Crippen LogP) is 1.33. The van der Waals surface area contributed by atoms with E-state index >= 15 is 0 Å². The first-order chi connectivity index (χ1) is 9.81. The number of halogens is 1. The number of hydrogen-bond acceptors (Lipinski definition) is 5. The quantitative estimate of drug-likeness (QED) is 0.552. The molecule has 0 saturated carbocycles. The summed E-state index contributed by atoms with van der Waals surface area (Å²) in [5.74, 6) is -0.686. The number of carbonyl (C=O) groups excluding carboxylic acids is 1. The van der Waals surface area contributed by atoms with Gasteiger partial charge in [-0.2, -0.15) is 0 Å². The zero-order valence-corrected chi connectivity index (χ0v) is 13.0. The second kappa shape index (κ2) is 5.70. The van der Waals surface area contributed by atoms with Gasteiger partial charge in [0.1, 0.15) is 9.50 Å². The fourth-order valence-corrected chi connectivity index (χ4v) is 3.27. The lowest BCUT2D eigenvalue weighted by Crippen LogP contribution is -2.17. The number of hydrogen-bond donors (Lipinski definition) is 3. The van der Waals surface area contributed by atoms with E-state index in [4.69, 9.17) is 11.5 Å². The largest absolute Gasteiger partial charge is 0.398 e. The third-order valence-electron chi connectivity index (χ3n) is 2.59. The summed E-state index contributed by atoms with van der Waals surface area (Å²) in [5, 5.41) is 0. The van der Waals surface area contributed by atoms with Crippen molar-refractivity contribution >= 4 is 43.2 Å². The van der Waals surface area contributed by atoms with Crippen LogP contribution < -0.4 is 16.2 Å². The van der Waals surface area contributed by atoms with Gasteiger partial charge in [0.25, 0.3) is 10.0 Å². The molecule has 2 rings (SSSR count). The van der Waals surface area contributed by atoms with Crippen molar-refractivity contribution in [3.05, 3.63) is 46.7 Å². The molecule has 0 aliphatic carbocycles. The van der Waals surface area contributed by atoms with Crippen LogP contribution >= 0.6 is 15.9 Å². The third-order valence-corrected chi connectivity index (χ3v) is 4.66. The molecule has 0 fully saturated rings. The molecule has 0 radical (unpaired) electrons. The maximum absolute atomic E-state index is 12.3. The fourth-order valence-electron chi connectivity index (χ4n) is 1.61. The molecule has 1 amide bonds. The van der Waals surface area contributed by atoms with Crippen LogP contribution in [0.4, 0.5) is 11.4 Å². The number of rotatable bonds is 4. The second-order valence-corrected chi connectivity index (χ2v) is 6.47. The smallest absolute Gasteiger partial charge is 0.264 e. The number of primary amides is 1. The molecule has 9 heteroatoms. The minimum absolute atomic E-state index is 0.0705. The average molecular weight is 371 g/mol. The molecule has 0 atom stereocenters. The maximum atomic E-state index is 12.3. The van der Waals surface area contributed by atoms with Crippen molar-refractivity contribution < 1.29 is 13.2 Å². The Bertz CT molecular complexity index is 808.